The number of piperidine rings is 1. The van der Waals surface area contributed by atoms with E-state index >= 15 is 0 Å². The summed E-state index contributed by atoms with van der Waals surface area (Å²) in [5, 5.41) is 3.22. The Hall–Kier alpha value is 1.06. The van der Waals surface area contributed by atoms with Crippen LogP contribution in [0, 0.1) is 19.3 Å². The molecule has 1 aliphatic rings. The van der Waals surface area contributed by atoms with Gasteiger partial charge in [-0.1, -0.05) is 6.42 Å². The van der Waals surface area contributed by atoms with Crippen molar-refractivity contribution in [2.45, 2.75) is 6.42 Å². The van der Waals surface area contributed by atoms with E-state index in [0.717, 1.165) is 13.1 Å². The maximum atomic E-state index is 3.90. The van der Waals surface area contributed by atoms with Gasteiger partial charge in [0.1, 0.15) is 0 Å². The normalized spacial score (nSPS) is 28.9. The van der Waals surface area contributed by atoms with Crippen LogP contribution >= 0.6 is 0 Å². The third-order valence-corrected chi connectivity index (χ3v) is 1.29. The molecule has 1 nitrogen and oxygen atoms in total. The Morgan fingerprint density at radius 1 is 1.62 bits per heavy atom. The van der Waals surface area contributed by atoms with E-state index in [-0.39, 0.29) is 32.7 Å². The van der Waals surface area contributed by atoms with E-state index in [1.165, 1.54) is 6.42 Å². The molecular formula is C6H11NY-2. The van der Waals surface area contributed by atoms with Crippen LogP contribution in [0.15, 0.2) is 0 Å². The summed E-state index contributed by atoms with van der Waals surface area (Å²) in [5.74, 6) is 0.598. The molecule has 0 aromatic rings. The molecule has 1 radical (unpaired) electrons. The van der Waals surface area contributed by atoms with Crippen LogP contribution in [0.5, 0.6) is 0 Å². The molecule has 2 heteroatoms. The van der Waals surface area contributed by atoms with Gasteiger partial charge in [0.15, 0.2) is 0 Å². The second-order valence-electron chi connectivity index (χ2n) is 1.99. The minimum absolute atomic E-state index is 0. The van der Waals surface area contributed by atoms with Crippen molar-refractivity contribution >= 4 is 0 Å². The van der Waals surface area contributed by atoms with Crippen LogP contribution in [-0.2, 0) is 32.7 Å². The minimum atomic E-state index is 0. The predicted octanol–water partition coefficient (Wildman–Crippen LogP) is 0.632. The van der Waals surface area contributed by atoms with E-state index in [1.807, 2.05) is 0 Å². The predicted molar refractivity (Wildman–Crippen MR) is 30.6 cm³/mol. The van der Waals surface area contributed by atoms with Gasteiger partial charge in [0.05, 0.1) is 0 Å². The van der Waals surface area contributed by atoms with Gasteiger partial charge in [0, 0.05) is 32.7 Å². The molecule has 1 fully saturated rings. The molecule has 1 heterocycles. The van der Waals surface area contributed by atoms with Crippen LogP contribution in [0.1, 0.15) is 6.42 Å². The fourth-order valence-electron chi connectivity index (χ4n) is 0.757. The molecule has 1 unspecified atom stereocenters. The van der Waals surface area contributed by atoms with Crippen molar-refractivity contribution in [2.75, 3.05) is 13.1 Å². The van der Waals surface area contributed by atoms with E-state index < -0.39 is 0 Å². The second kappa shape index (κ2) is 4.90. The summed E-state index contributed by atoms with van der Waals surface area (Å²) in [6.07, 6.45) is 3.42. The second-order valence-corrected chi connectivity index (χ2v) is 1.99. The van der Waals surface area contributed by atoms with Crippen molar-refractivity contribution in [3.05, 3.63) is 13.3 Å². The summed E-state index contributed by atoms with van der Waals surface area (Å²) in [5.41, 5.74) is 0. The molecule has 0 amide bonds. The summed E-state index contributed by atoms with van der Waals surface area (Å²) in [7, 11) is 0. The monoisotopic (exact) mass is 186 g/mol. The molecule has 0 spiro atoms. The van der Waals surface area contributed by atoms with Gasteiger partial charge < -0.3 is 18.7 Å². The number of hydrogen-bond acceptors (Lipinski definition) is 1. The summed E-state index contributed by atoms with van der Waals surface area (Å²) in [6.45, 7) is 6.10. The molecule has 1 N–H and O–H groups in total. The summed E-state index contributed by atoms with van der Waals surface area (Å²) in [4.78, 5) is 0. The van der Waals surface area contributed by atoms with Gasteiger partial charge in [0.25, 0.3) is 0 Å². The van der Waals surface area contributed by atoms with Crippen molar-refractivity contribution in [2.24, 2.45) is 5.92 Å². The first-order valence-electron chi connectivity index (χ1n) is 2.77. The largest absolute Gasteiger partial charge is 0.369 e. The Labute approximate surface area is 76.5 Å². The summed E-state index contributed by atoms with van der Waals surface area (Å²) >= 11 is 0. The van der Waals surface area contributed by atoms with Crippen LogP contribution in [0.4, 0.5) is 0 Å². The average molecular weight is 186 g/mol. The Morgan fingerprint density at radius 3 is 2.62 bits per heavy atom. The zero-order valence-electron chi connectivity index (χ0n) is 5.06. The molecular weight excluding hydrogens is 175 g/mol. The standard InChI is InChI=1S/C6H11N.Y/c1-6-2-4-7-5-3-6;/h2,6-7H,1,3-5H2;/q-2;. The van der Waals surface area contributed by atoms with Gasteiger partial charge in [-0.3, -0.25) is 5.92 Å². The third kappa shape index (κ3) is 3.16. The van der Waals surface area contributed by atoms with Crippen molar-refractivity contribution < 1.29 is 32.7 Å². The Bertz CT molecular complexity index is 50.5. The van der Waals surface area contributed by atoms with E-state index in [2.05, 4.69) is 18.7 Å². The Kier molecular flexibility index (Phi) is 5.55. The van der Waals surface area contributed by atoms with Gasteiger partial charge in [-0.2, -0.15) is 0 Å². The van der Waals surface area contributed by atoms with Crippen LogP contribution < -0.4 is 5.32 Å². The Balaban J connectivity index is 0.000000490. The van der Waals surface area contributed by atoms with Gasteiger partial charge in [0.2, 0.25) is 0 Å². The first-order valence-corrected chi connectivity index (χ1v) is 2.77. The number of rotatable bonds is 0. The summed E-state index contributed by atoms with van der Waals surface area (Å²) < 4.78 is 0. The van der Waals surface area contributed by atoms with Crippen molar-refractivity contribution in [1.82, 2.24) is 5.32 Å². The van der Waals surface area contributed by atoms with Gasteiger partial charge in [-0.05, 0) is 6.54 Å². The number of hydrogen-bond donors (Lipinski definition) is 1. The molecule has 45 valence electrons. The topological polar surface area (TPSA) is 12.0 Å². The van der Waals surface area contributed by atoms with Crippen molar-refractivity contribution in [3.63, 3.8) is 0 Å². The van der Waals surface area contributed by atoms with E-state index in [0.29, 0.717) is 5.92 Å². The zero-order chi connectivity index (χ0) is 5.11. The third-order valence-electron chi connectivity index (χ3n) is 1.29. The molecule has 1 atom stereocenters. The molecule has 8 heavy (non-hydrogen) atoms. The smallest absolute Gasteiger partial charge is 0 e. The molecule has 0 aliphatic carbocycles. The SMILES string of the molecule is [CH2-]C1[CH-]CNCC1.[Y]. The van der Waals surface area contributed by atoms with Crippen LogP contribution in [0.25, 0.3) is 0 Å². The van der Waals surface area contributed by atoms with E-state index in [9.17, 15) is 0 Å². The van der Waals surface area contributed by atoms with Gasteiger partial charge >= 0.3 is 0 Å². The van der Waals surface area contributed by atoms with Crippen LogP contribution in [0.2, 0.25) is 0 Å². The fraction of sp³-hybridized carbons (Fsp3) is 0.667. The van der Waals surface area contributed by atoms with Crippen LogP contribution in [-0.4, -0.2) is 13.1 Å². The minimum Gasteiger partial charge on any atom is -0.369 e. The van der Waals surface area contributed by atoms with Gasteiger partial charge in [-0.15, -0.1) is 6.54 Å². The van der Waals surface area contributed by atoms with Gasteiger partial charge in [-0.25, -0.2) is 0 Å². The van der Waals surface area contributed by atoms with Crippen molar-refractivity contribution in [3.8, 4) is 0 Å². The molecule has 1 saturated heterocycles. The molecule has 0 bridgehead atoms. The average Bonchev–Trinajstić information content (AvgIpc) is 1.69. The molecule has 1 aliphatic heterocycles. The maximum absolute atomic E-state index is 3.90. The maximum Gasteiger partial charge on any atom is 0 e. The molecule has 1 rings (SSSR count). The first kappa shape index (κ1) is 9.06. The quantitative estimate of drug-likeness (QED) is 0.547. The zero-order valence-corrected chi connectivity index (χ0v) is 7.90. The first-order chi connectivity index (χ1) is 3.39. The molecule has 0 aromatic heterocycles. The summed E-state index contributed by atoms with van der Waals surface area (Å²) in [6, 6.07) is 0. The fourth-order valence-corrected chi connectivity index (χ4v) is 0.757. The van der Waals surface area contributed by atoms with Crippen LogP contribution in [0.3, 0.4) is 0 Å². The van der Waals surface area contributed by atoms with E-state index in [1.54, 1.807) is 0 Å². The van der Waals surface area contributed by atoms with E-state index in [4.69, 9.17) is 0 Å². The van der Waals surface area contributed by atoms with Crippen molar-refractivity contribution in [1.29, 1.82) is 0 Å². The molecule has 0 aromatic carbocycles. The number of nitrogens with one attached hydrogen (secondary N) is 1. The molecule has 0 saturated carbocycles. The Morgan fingerprint density at radius 2 is 2.38 bits per heavy atom.